The molecule has 0 radical (unpaired) electrons. The lowest BCUT2D eigenvalue weighted by molar-refractivity contribution is -0.121. The van der Waals surface area contributed by atoms with Gasteiger partial charge < -0.3 is 0 Å². The zero-order chi connectivity index (χ0) is 17.8. The third kappa shape index (κ3) is 4.12. The molecule has 25 heavy (non-hydrogen) atoms. The molecule has 0 spiro atoms. The van der Waals surface area contributed by atoms with E-state index in [0.717, 1.165) is 5.56 Å². The van der Waals surface area contributed by atoms with Gasteiger partial charge in [-0.1, -0.05) is 41.4 Å². The Morgan fingerprint density at radius 3 is 2.68 bits per heavy atom. The van der Waals surface area contributed by atoms with E-state index in [0.29, 0.717) is 27.3 Å². The number of thioether (sulfide) groups is 1. The third-order valence-corrected chi connectivity index (χ3v) is 4.87. The zero-order valence-corrected chi connectivity index (χ0v) is 15.4. The lowest BCUT2D eigenvalue weighted by Crippen LogP contribution is -2.29. The minimum absolute atomic E-state index is 0.126. The standard InChI is InChI=1S/C18H13Cl2N3OS/c1-2-10-23-17(24)15(11-12-5-7-13(19)8-6-12)25-18(23)22-14-4-3-9-21-16(14)20/h2-9,11H,1,10H2/b15-11-,22-18?. The van der Waals surface area contributed by atoms with Gasteiger partial charge in [-0.05, 0) is 47.7 Å². The first-order valence-electron chi connectivity index (χ1n) is 7.35. The Bertz CT molecular complexity index is 878. The second-order valence-corrected chi connectivity index (χ2v) is 6.88. The average molecular weight is 390 g/mol. The number of halogens is 2. The molecule has 1 aromatic heterocycles. The van der Waals surface area contributed by atoms with Crippen molar-refractivity contribution in [1.82, 2.24) is 9.88 Å². The van der Waals surface area contributed by atoms with Crippen LogP contribution in [0.5, 0.6) is 0 Å². The summed E-state index contributed by atoms with van der Waals surface area (Å²) in [6.45, 7) is 4.07. The Balaban J connectivity index is 1.96. The molecule has 1 fully saturated rings. The van der Waals surface area contributed by atoms with Crippen molar-refractivity contribution in [3.63, 3.8) is 0 Å². The molecule has 2 aromatic rings. The SMILES string of the molecule is C=CCN1C(=O)/C(=C/c2ccc(Cl)cc2)SC1=Nc1cccnc1Cl. The number of amides is 1. The molecular weight excluding hydrogens is 377 g/mol. The van der Waals surface area contributed by atoms with Crippen LogP contribution in [0.1, 0.15) is 5.56 Å². The fourth-order valence-corrected chi connectivity index (χ4v) is 3.44. The molecule has 3 rings (SSSR count). The van der Waals surface area contributed by atoms with E-state index in [1.807, 2.05) is 18.2 Å². The average Bonchev–Trinajstić information content (AvgIpc) is 2.88. The first kappa shape index (κ1) is 17.7. The number of carbonyl (C=O) groups is 1. The Morgan fingerprint density at radius 1 is 1.24 bits per heavy atom. The molecule has 0 aliphatic carbocycles. The van der Waals surface area contributed by atoms with Crippen LogP contribution < -0.4 is 0 Å². The van der Waals surface area contributed by atoms with Crippen molar-refractivity contribution < 1.29 is 4.79 Å². The highest BCUT2D eigenvalue weighted by atomic mass is 35.5. The van der Waals surface area contributed by atoms with Gasteiger partial charge in [0.25, 0.3) is 5.91 Å². The van der Waals surface area contributed by atoms with Crippen molar-refractivity contribution >= 4 is 57.8 Å². The molecule has 126 valence electrons. The van der Waals surface area contributed by atoms with Crippen molar-refractivity contribution in [2.24, 2.45) is 4.99 Å². The number of aromatic nitrogens is 1. The predicted molar refractivity (Wildman–Crippen MR) is 105 cm³/mol. The molecule has 1 aromatic carbocycles. The van der Waals surface area contributed by atoms with Gasteiger partial charge in [-0.25, -0.2) is 9.98 Å². The van der Waals surface area contributed by atoms with Crippen LogP contribution in [0, 0.1) is 0 Å². The van der Waals surface area contributed by atoms with Crippen LogP contribution in [-0.2, 0) is 4.79 Å². The maximum absolute atomic E-state index is 12.7. The summed E-state index contributed by atoms with van der Waals surface area (Å²) in [5.74, 6) is -0.126. The number of hydrogen-bond acceptors (Lipinski definition) is 4. The second-order valence-electron chi connectivity index (χ2n) is 5.07. The van der Waals surface area contributed by atoms with Crippen LogP contribution in [0.2, 0.25) is 10.2 Å². The number of benzene rings is 1. The van der Waals surface area contributed by atoms with Gasteiger partial charge in [-0.15, -0.1) is 6.58 Å². The van der Waals surface area contributed by atoms with E-state index in [1.54, 1.807) is 41.4 Å². The minimum atomic E-state index is -0.126. The molecule has 0 unspecified atom stereocenters. The molecule has 0 bridgehead atoms. The maximum Gasteiger partial charge on any atom is 0.267 e. The molecule has 1 aliphatic heterocycles. The minimum Gasteiger partial charge on any atom is -0.283 e. The summed E-state index contributed by atoms with van der Waals surface area (Å²) in [7, 11) is 0. The highest BCUT2D eigenvalue weighted by Crippen LogP contribution is 2.35. The topological polar surface area (TPSA) is 45.6 Å². The van der Waals surface area contributed by atoms with Crippen LogP contribution in [0.15, 0.2) is 65.1 Å². The fourth-order valence-electron chi connectivity index (χ4n) is 2.16. The van der Waals surface area contributed by atoms with Crippen LogP contribution in [0.3, 0.4) is 0 Å². The van der Waals surface area contributed by atoms with E-state index >= 15 is 0 Å². The van der Waals surface area contributed by atoms with Gasteiger partial charge in [0.1, 0.15) is 5.69 Å². The van der Waals surface area contributed by atoms with Crippen LogP contribution in [-0.4, -0.2) is 27.5 Å². The normalized spacial score (nSPS) is 17.5. The van der Waals surface area contributed by atoms with Crippen LogP contribution >= 0.6 is 35.0 Å². The van der Waals surface area contributed by atoms with Crippen molar-refractivity contribution in [2.75, 3.05) is 6.54 Å². The van der Waals surface area contributed by atoms with E-state index in [4.69, 9.17) is 23.2 Å². The molecule has 0 atom stereocenters. The van der Waals surface area contributed by atoms with E-state index in [2.05, 4.69) is 16.6 Å². The summed E-state index contributed by atoms with van der Waals surface area (Å²) in [6.07, 6.45) is 5.06. The summed E-state index contributed by atoms with van der Waals surface area (Å²) in [5, 5.41) is 1.48. The molecule has 7 heteroatoms. The monoisotopic (exact) mass is 389 g/mol. The van der Waals surface area contributed by atoms with Gasteiger partial charge in [-0.2, -0.15) is 0 Å². The lowest BCUT2D eigenvalue weighted by Gasteiger charge is -2.12. The first-order chi connectivity index (χ1) is 12.1. The summed E-state index contributed by atoms with van der Waals surface area (Å²) in [6, 6.07) is 10.8. The highest BCUT2D eigenvalue weighted by Gasteiger charge is 2.32. The number of carbonyl (C=O) groups excluding carboxylic acids is 1. The summed E-state index contributed by atoms with van der Waals surface area (Å²) < 4.78 is 0. The third-order valence-electron chi connectivity index (χ3n) is 3.32. The van der Waals surface area contributed by atoms with Crippen molar-refractivity contribution in [2.45, 2.75) is 0 Å². The quantitative estimate of drug-likeness (QED) is 0.411. The second kappa shape index (κ2) is 7.87. The summed E-state index contributed by atoms with van der Waals surface area (Å²) in [5.41, 5.74) is 1.40. The number of nitrogens with zero attached hydrogens (tertiary/aromatic N) is 3. The Kier molecular flexibility index (Phi) is 5.58. The predicted octanol–water partition coefficient (Wildman–Crippen LogP) is 5.18. The Hall–Kier alpha value is -2.08. The van der Waals surface area contributed by atoms with Crippen molar-refractivity contribution in [1.29, 1.82) is 0 Å². The van der Waals surface area contributed by atoms with Gasteiger partial charge in [0.2, 0.25) is 0 Å². The Morgan fingerprint density at radius 2 is 2.00 bits per heavy atom. The lowest BCUT2D eigenvalue weighted by atomic mass is 10.2. The number of amidine groups is 1. The van der Waals surface area contributed by atoms with Crippen LogP contribution in [0.4, 0.5) is 5.69 Å². The van der Waals surface area contributed by atoms with Crippen LogP contribution in [0.25, 0.3) is 6.08 Å². The molecule has 1 amide bonds. The smallest absolute Gasteiger partial charge is 0.267 e. The highest BCUT2D eigenvalue weighted by molar-refractivity contribution is 8.18. The van der Waals surface area contributed by atoms with E-state index in [9.17, 15) is 4.79 Å². The molecule has 0 N–H and O–H groups in total. The molecule has 1 saturated heterocycles. The van der Waals surface area contributed by atoms with Gasteiger partial charge in [0.15, 0.2) is 10.3 Å². The number of rotatable bonds is 4. The molecular formula is C18H13Cl2N3OS. The van der Waals surface area contributed by atoms with Crippen molar-refractivity contribution in [3.8, 4) is 0 Å². The first-order valence-corrected chi connectivity index (χ1v) is 8.93. The molecule has 1 aliphatic rings. The number of hydrogen-bond donors (Lipinski definition) is 0. The van der Waals surface area contributed by atoms with E-state index < -0.39 is 0 Å². The maximum atomic E-state index is 12.7. The molecule has 0 saturated carbocycles. The van der Waals surface area contributed by atoms with Gasteiger partial charge >= 0.3 is 0 Å². The van der Waals surface area contributed by atoms with Gasteiger partial charge in [0, 0.05) is 17.8 Å². The Labute approximate surface area is 159 Å². The number of pyridine rings is 1. The van der Waals surface area contributed by atoms with E-state index in [-0.39, 0.29) is 11.1 Å². The van der Waals surface area contributed by atoms with Gasteiger partial charge in [-0.3, -0.25) is 9.69 Å². The largest absolute Gasteiger partial charge is 0.283 e. The molecule has 4 nitrogen and oxygen atoms in total. The zero-order valence-electron chi connectivity index (χ0n) is 13.0. The summed E-state index contributed by atoms with van der Waals surface area (Å²) in [4.78, 5) is 23.3. The number of aliphatic imine (C=N–C) groups is 1. The summed E-state index contributed by atoms with van der Waals surface area (Å²) >= 11 is 13.3. The van der Waals surface area contributed by atoms with Crippen molar-refractivity contribution in [3.05, 3.63) is 75.9 Å². The van der Waals surface area contributed by atoms with Gasteiger partial charge in [0.05, 0.1) is 4.91 Å². The van der Waals surface area contributed by atoms with E-state index in [1.165, 1.54) is 11.8 Å². The molecule has 2 heterocycles. The fraction of sp³-hybridized carbons (Fsp3) is 0.0556.